The van der Waals surface area contributed by atoms with Crippen LogP contribution in [-0.2, 0) is 4.74 Å². The van der Waals surface area contributed by atoms with Gasteiger partial charge in [-0.2, -0.15) is 13.2 Å². The lowest BCUT2D eigenvalue weighted by molar-refractivity contribution is -0.171. The number of pyridine rings is 1. The maximum absolute atomic E-state index is 15.4. The fraction of sp³-hybridized carbons (Fsp3) is 0.647. The molecule has 1 aliphatic rings. The van der Waals surface area contributed by atoms with Gasteiger partial charge >= 0.3 is 12.3 Å². The van der Waals surface area contributed by atoms with Crippen LogP contribution in [0.2, 0.25) is 5.15 Å². The quantitative estimate of drug-likeness (QED) is 0.581. The van der Waals surface area contributed by atoms with Crippen molar-refractivity contribution >= 4 is 17.7 Å². The first-order chi connectivity index (χ1) is 12.3. The zero-order chi connectivity index (χ0) is 20.5. The maximum atomic E-state index is 15.4. The Morgan fingerprint density at radius 1 is 1.37 bits per heavy atom. The van der Waals surface area contributed by atoms with Crippen molar-refractivity contribution in [3.05, 3.63) is 29.0 Å². The highest BCUT2D eigenvalue weighted by Gasteiger charge is 2.56. The Labute approximate surface area is 159 Å². The van der Waals surface area contributed by atoms with Crippen LogP contribution >= 0.6 is 11.6 Å². The summed E-state index contributed by atoms with van der Waals surface area (Å²) in [5.41, 5.74) is -2.99. The normalized spacial score (nSPS) is 23.0. The van der Waals surface area contributed by atoms with Gasteiger partial charge in [0.25, 0.3) is 0 Å². The molecule has 2 unspecified atom stereocenters. The van der Waals surface area contributed by atoms with Gasteiger partial charge in [0.15, 0.2) is 0 Å². The first-order valence-electron chi connectivity index (χ1n) is 8.38. The number of alkyl halides is 4. The Hall–Kier alpha value is -1.61. The lowest BCUT2D eigenvalue weighted by atomic mass is 9.81. The number of carbonyl (C=O) groups excluding carboxylic acids is 1. The van der Waals surface area contributed by atoms with E-state index in [-0.39, 0.29) is 30.2 Å². The predicted molar refractivity (Wildman–Crippen MR) is 92.5 cm³/mol. The van der Waals surface area contributed by atoms with Crippen LogP contribution in [-0.4, -0.2) is 47.7 Å². The zero-order valence-corrected chi connectivity index (χ0v) is 15.9. The van der Waals surface area contributed by atoms with Gasteiger partial charge in [-0.3, -0.25) is 0 Å². The summed E-state index contributed by atoms with van der Waals surface area (Å²) >= 11 is 5.63. The number of alkyl carbamates (subject to hydrolysis) is 1. The molecule has 1 saturated heterocycles. The molecular formula is C17H22ClF4N3O2. The van der Waals surface area contributed by atoms with Crippen molar-refractivity contribution in [2.45, 2.75) is 56.6 Å². The first kappa shape index (κ1) is 21.7. The van der Waals surface area contributed by atoms with Gasteiger partial charge < -0.3 is 15.4 Å². The van der Waals surface area contributed by atoms with Gasteiger partial charge in [-0.05, 0) is 45.4 Å². The monoisotopic (exact) mass is 411 g/mol. The van der Waals surface area contributed by atoms with Crippen molar-refractivity contribution in [1.29, 1.82) is 0 Å². The molecule has 5 nitrogen and oxygen atoms in total. The second kappa shape index (κ2) is 7.79. The smallest absolute Gasteiger partial charge is 0.408 e. The summed E-state index contributed by atoms with van der Waals surface area (Å²) in [7, 11) is 0. The lowest BCUT2D eigenvalue weighted by Crippen LogP contribution is -2.60. The Balaban J connectivity index is 2.35. The van der Waals surface area contributed by atoms with E-state index in [1.54, 1.807) is 20.8 Å². The van der Waals surface area contributed by atoms with Gasteiger partial charge in [0.05, 0.1) is 5.54 Å². The van der Waals surface area contributed by atoms with Crippen LogP contribution in [0.3, 0.4) is 0 Å². The highest BCUT2D eigenvalue weighted by Crippen LogP contribution is 2.43. The molecule has 27 heavy (non-hydrogen) atoms. The van der Waals surface area contributed by atoms with Crippen LogP contribution in [0, 0.1) is 0 Å². The second-order valence-corrected chi connectivity index (χ2v) is 7.93. The van der Waals surface area contributed by atoms with Crippen molar-refractivity contribution in [3.63, 3.8) is 0 Å². The van der Waals surface area contributed by atoms with E-state index >= 15 is 4.39 Å². The molecule has 0 aromatic carbocycles. The number of aromatic nitrogens is 1. The number of ether oxygens (including phenoxy) is 1. The van der Waals surface area contributed by atoms with E-state index in [4.69, 9.17) is 16.3 Å². The third-order valence-corrected chi connectivity index (χ3v) is 4.44. The third kappa shape index (κ3) is 5.44. The minimum absolute atomic E-state index is 0.000732. The van der Waals surface area contributed by atoms with Crippen molar-refractivity contribution in [2.75, 3.05) is 13.1 Å². The van der Waals surface area contributed by atoms with Crippen molar-refractivity contribution < 1.29 is 27.1 Å². The van der Waals surface area contributed by atoms with Crippen LogP contribution in [0.4, 0.5) is 22.4 Å². The van der Waals surface area contributed by atoms with E-state index in [9.17, 15) is 18.0 Å². The SMILES string of the molecule is CC(C)(C)OC(=O)NC1(C(F)[C@@H](c2ccc(Cl)nc2)C(F)(F)F)CCNC1. The lowest BCUT2D eigenvalue weighted by Gasteiger charge is -2.38. The number of carbonyl (C=O) groups is 1. The Morgan fingerprint density at radius 2 is 2.04 bits per heavy atom. The van der Waals surface area contributed by atoms with Gasteiger partial charge in [0.1, 0.15) is 22.8 Å². The number of nitrogens with one attached hydrogen (secondary N) is 2. The second-order valence-electron chi connectivity index (χ2n) is 7.55. The molecule has 2 rings (SSSR count). The summed E-state index contributed by atoms with van der Waals surface area (Å²) in [6.45, 7) is 4.94. The van der Waals surface area contributed by atoms with Gasteiger partial charge in [-0.25, -0.2) is 14.2 Å². The van der Waals surface area contributed by atoms with Crippen LogP contribution in [0.1, 0.15) is 38.7 Å². The average molecular weight is 412 g/mol. The van der Waals surface area contributed by atoms with Gasteiger partial charge in [-0.1, -0.05) is 17.7 Å². The zero-order valence-electron chi connectivity index (χ0n) is 15.2. The number of halogens is 5. The highest BCUT2D eigenvalue weighted by atomic mass is 35.5. The standard InChI is InChI=1S/C17H22ClF4N3O2/c1-15(2,3)27-14(26)25-16(6-7-23-9-16)13(19)12(17(20,21)22)10-4-5-11(18)24-8-10/h4-5,8,12-13,23H,6-7,9H2,1-3H3,(H,25,26)/t12-,13?,16?/m1/s1. The van der Waals surface area contributed by atoms with Crippen LogP contribution < -0.4 is 10.6 Å². The number of amides is 1. The average Bonchev–Trinajstić information content (AvgIpc) is 2.95. The Kier molecular flexibility index (Phi) is 6.26. The molecular weight excluding hydrogens is 390 g/mol. The van der Waals surface area contributed by atoms with Crippen LogP contribution in [0.5, 0.6) is 0 Å². The van der Waals surface area contributed by atoms with Gasteiger partial charge in [-0.15, -0.1) is 0 Å². The maximum Gasteiger partial charge on any atom is 0.408 e. The van der Waals surface area contributed by atoms with Crippen molar-refractivity contribution in [1.82, 2.24) is 15.6 Å². The molecule has 0 bridgehead atoms. The third-order valence-electron chi connectivity index (χ3n) is 4.22. The largest absolute Gasteiger partial charge is 0.444 e. The van der Waals surface area contributed by atoms with Crippen LogP contribution in [0.15, 0.2) is 18.3 Å². The summed E-state index contributed by atoms with van der Waals surface area (Å²) in [6.07, 6.45) is -7.43. The molecule has 0 radical (unpaired) electrons. The summed E-state index contributed by atoms with van der Waals surface area (Å²) in [6, 6.07) is 2.26. The molecule has 1 aromatic rings. The molecule has 0 saturated carbocycles. The van der Waals surface area contributed by atoms with Gasteiger partial charge in [0, 0.05) is 12.7 Å². The number of hydrogen-bond acceptors (Lipinski definition) is 4. The predicted octanol–water partition coefficient (Wildman–Crippen LogP) is 3.98. The van der Waals surface area contributed by atoms with E-state index in [1.165, 1.54) is 6.07 Å². The topological polar surface area (TPSA) is 63.2 Å². The van der Waals surface area contributed by atoms with Gasteiger partial charge in [0.2, 0.25) is 0 Å². The van der Waals surface area contributed by atoms with Crippen molar-refractivity contribution in [3.8, 4) is 0 Å². The van der Waals surface area contributed by atoms with E-state index < -0.39 is 35.5 Å². The summed E-state index contributed by atoms with van der Waals surface area (Å²) in [4.78, 5) is 15.8. The van der Waals surface area contributed by atoms with E-state index in [1.807, 2.05) is 0 Å². The molecule has 1 fully saturated rings. The molecule has 2 heterocycles. The van der Waals surface area contributed by atoms with E-state index in [2.05, 4.69) is 15.6 Å². The van der Waals surface area contributed by atoms with Crippen LogP contribution in [0.25, 0.3) is 0 Å². The number of rotatable bonds is 4. The molecule has 10 heteroatoms. The summed E-state index contributed by atoms with van der Waals surface area (Å²) < 4.78 is 61.7. The minimum atomic E-state index is -4.89. The van der Waals surface area contributed by atoms with Crippen molar-refractivity contribution in [2.24, 2.45) is 0 Å². The molecule has 1 aromatic heterocycles. The number of hydrogen-bond donors (Lipinski definition) is 2. The molecule has 0 aliphatic carbocycles. The van der Waals surface area contributed by atoms with E-state index in [0.717, 1.165) is 12.3 Å². The number of nitrogens with zero attached hydrogens (tertiary/aromatic N) is 1. The minimum Gasteiger partial charge on any atom is -0.444 e. The molecule has 152 valence electrons. The molecule has 1 aliphatic heterocycles. The molecule has 1 amide bonds. The van der Waals surface area contributed by atoms with E-state index in [0.29, 0.717) is 0 Å². The summed E-state index contributed by atoms with van der Waals surface area (Å²) in [5, 5.41) is 5.15. The first-order valence-corrected chi connectivity index (χ1v) is 8.76. The fourth-order valence-corrected chi connectivity index (χ4v) is 3.16. The summed E-state index contributed by atoms with van der Waals surface area (Å²) in [5.74, 6) is -2.47. The molecule has 0 spiro atoms. The molecule has 2 N–H and O–H groups in total. The molecule has 3 atom stereocenters. The Morgan fingerprint density at radius 3 is 2.48 bits per heavy atom. The fourth-order valence-electron chi connectivity index (χ4n) is 3.04. The highest BCUT2D eigenvalue weighted by molar-refractivity contribution is 6.29. The Bertz CT molecular complexity index is 656.